The number of hydrogen-bond acceptors (Lipinski definition) is 2. The third-order valence-electron chi connectivity index (χ3n) is 3.44. The molecular weight excluding hydrogens is 246 g/mol. The second kappa shape index (κ2) is 7.65. The Balaban J connectivity index is 2.68. The minimum absolute atomic E-state index is 0.156. The number of hydrogen-bond donors (Lipinski definition) is 1. The molecule has 18 heavy (non-hydrogen) atoms. The molecule has 0 saturated heterocycles. The van der Waals surface area contributed by atoms with E-state index in [0.717, 1.165) is 22.8 Å². The maximum Gasteiger partial charge on any atom is 0.122 e. The summed E-state index contributed by atoms with van der Waals surface area (Å²) in [5.74, 6) is 1.39. The van der Waals surface area contributed by atoms with Gasteiger partial charge in [0.1, 0.15) is 5.75 Å². The van der Waals surface area contributed by atoms with Gasteiger partial charge in [0, 0.05) is 11.1 Å². The van der Waals surface area contributed by atoms with Crippen molar-refractivity contribution in [1.29, 1.82) is 0 Å². The fourth-order valence-corrected chi connectivity index (χ4v) is 2.30. The van der Waals surface area contributed by atoms with Crippen LogP contribution in [-0.4, -0.2) is 13.2 Å². The third kappa shape index (κ3) is 4.51. The van der Waals surface area contributed by atoms with Crippen LogP contribution >= 0.6 is 11.6 Å². The van der Waals surface area contributed by atoms with Crippen LogP contribution < -0.4 is 10.5 Å². The maximum atomic E-state index is 6.27. The smallest absolute Gasteiger partial charge is 0.122 e. The van der Waals surface area contributed by atoms with Gasteiger partial charge < -0.3 is 10.5 Å². The van der Waals surface area contributed by atoms with Crippen LogP contribution in [0.1, 0.15) is 38.7 Å². The number of benzene rings is 1. The first-order valence-electron chi connectivity index (χ1n) is 6.66. The maximum absolute atomic E-state index is 6.27. The number of rotatable bonds is 7. The second-order valence-corrected chi connectivity index (χ2v) is 5.38. The zero-order chi connectivity index (χ0) is 13.5. The molecule has 0 saturated carbocycles. The van der Waals surface area contributed by atoms with E-state index in [9.17, 15) is 0 Å². The Morgan fingerprint density at radius 1 is 1.39 bits per heavy atom. The van der Waals surface area contributed by atoms with Crippen molar-refractivity contribution in [3.8, 4) is 5.75 Å². The first kappa shape index (κ1) is 15.3. The average Bonchev–Trinajstić information content (AvgIpc) is 2.36. The highest BCUT2D eigenvalue weighted by atomic mass is 35.5. The van der Waals surface area contributed by atoms with Crippen molar-refractivity contribution in [2.45, 2.75) is 45.6 Å². The summed E-state index contributed by atoms with van der Waals surface area (Å²) < 4.78 is 5.35. The van der Waals surface area contributed by atoms with Crippen molar-refractivity contribution in [1.82, 2.24) is 0 Å². The lowest BCUT2D eigenvalue weighted by Gasteiger charge is -2.21. The molecule has 2 N–H and O–H groups in total. The summed E-state index contributed by atoms with van der Waals surface area (Å²) >= 11 is 6.02. The van der Waals surface area contributed by atoms with Gasteiger partial charge in [-0.15, -0.1) is 0 Å². The van der Waals surface area contributed by atoms with E-state index >= 15 is 0 Å². The van der Waals surface area contributed by atoms with E-state index in [-0.39, 0.29) is 6.04 Å². The molecule has 0 radical (unpaired) electrons. The number of ether oxygens (including phenoxy) is 1. The largest absolute Gasteiger partial charge is 0.496 e. The van der Waals surface area contributed by atoms with Crippen molar-refractivity contribution in [2.24, 2.45) is 11.7 Å². The van der Waals surface area contributed by atoms with Crippen LogP contribution in [-0.2, 0) is 6.42 Å². The summed E-state index contributed by atoms with van der Waals surface area (Å²) in [6.45, 7) is 4.43. The molecule has 3 heteroatoms. The Bertz CT molecular complexity index is 368. The van der Waals surface area contributed by atoms with Crippen LogP contribution in [0.25, 0.3) is 0 Å². The molecule has 0 aliphatic carbocycles. The van der Waals surface area contributed by atoms with E-state index < -0.39 is 0 Å². The monoisotopic (exact) mass is 269 g/mol. The summed E-state index contributed by atoms with van der Waals surface area (Å²) in [5, 5.41) is 0.735. The Labute approximate surface area is 115 Å². The van der Waals surface area contributed by atoms with E-state index in [1.807, 2.05) is 18.2 Å². The van der Waals surface area contributed by atoms with Crippen molar-refractivity contribution >= 4 is 11.6 Å². The molecule has 2 atom stereocenters. The molecule has 0 amide bonds. The van der Waals surface area contributed by atoms with Crippen molar-refractivity contribution in [3.05, 3.63) is 28.8 Å². The molecule has 1 rings (SSSR count). The average molecular weight is 270 g/mol. The zero-order valence-electron chi connectivity index (χ0n) is 11.6. The summed E-state index contributed by atoms with van der Waals surface area (Å²) in [6, 6.07) is 5.85. The van der Waals surface area contributed by atoms with Gasteiger partial charge in [-0.3, -0.25) is 0 Å². The first-order chi connectivity index (χ1) is 8.58. The zero-order valence-corrected chi connectivity index (χ0v) is 12.3. The van der Waals surface area contributed by atoms with Gasteiger partial charge >= 0.3 is 0 Å². The molecule has 1 aromatic carbocycles. The minimum Gasteiger partial charge on any atom is -0.496 e. The quantitative estimate of drug-likeness (QED) is 0.811. The minimum atomic E-state index is 0.156. The van der Waals surface area contributed by atoms with E-state index in [1.54, 1.807) is 7.11 Å². The Kier molecular flexibility index (Phi) is 6.51. The van der Waals surface area contributed by atoms with Gasteiger partial charge in [-0.1, -0.05) is 38.3 Å². The van der Waals surface area contributed by atoms with Crippen molar-refractivity contribution in [2.75, 3.05) is 7.11 Å². The predicted molar refractivity (Wildman–Crippen MR) is 78.4 cm³/mol. The van der Waals surface area contributed by atoms with Crippen LogP contribution in [0.15, 0.2) is 18.2 Å². The molecule has 0 aliphatic rings. The van der Waals surface area contributed by atoms with Gasteiger partial charge in [0.25, 0.3) is 0 Å². The van der Waals surface area contributed by atoms with Gasteiger partial charge in [0.05, 0.1) is 7.11 Å². The van der Waals surface area contributed by atoms with E-state index in [1.165, 1.54) is 19.3 Å². The summed E-state index contributed by atoms with van der Waals surface area (Å²) in [4.78, 5) is 0. The molecule has 102 valence electrons. The molecule has 0 aromatic heterocycles. The standard InChI is InChI=1S/C15H24ClNO/c1-4-5-6-11(2)14(17)10-12-9-13(16)7-8-15(12)18-3/h7-9,11,14H,4-6,10,17H2,1-3H3. The molecule has 2 unspecified atom stereocenters. The van der Waals surface area contributed by atoms with Crippen LogP contribution in [0.4, 0.5) is 0 Å². The van der Waals surface area contributed by atoms with E-state index in [4.69, 9.17) is 22.1 Å². The van der Waals surface area contributed by atoms with Gasteiger partial charge in [0.2, 0.25) is 0 Å². The molecule has 0 bridgehead atoms. The Morgan fingerprint density at radius 2 is 2.11 bits per heavy atom. The summed E-state index contributed by atoms with van der Waals surface area (Å²) in [5.41, 5.74) is 7.36. The van der Waals surface area contributed by atoms with Gasteiger partial charge in [0.15, 0.2) is 0 Å². The lowest BCUT2D eigenvalue weighted by atomic mass is 9.91. The summed E-state index contributed by atoms with van der Waals surface area (Å²) in [6.07, 6.45) is 4.45. The molecule has 0 fully saturated rings. The molecule has 0 spiro atoms. The number of halogens is 1. The van der Waals surface area contributed by atoms with Gasteiger partial charge in [-0.25, -0.2) is 0 Å². The van der Waals surface area contributed by atoms with Gasteiger partial charge in [-0.05, 0) is 42.5 Å². The molecular formula is C15H24ClNO. The first-order valence-corrected chi connectivity index (χ1v) is 7.04. The van der Waals surface area contributed by atoms with Crippen molar-refractivity contribution < 1.29 is 4.74 Å². The molecule has 0 heterocycles. The second-order valence-electron chi connectivity index (χ2n) is 4.94. The third-order valence-corrected chi connectivity index (χ3v) is 3.68. The molecule has 0 aliphatic heterocycles. The van der Waals surface area contributed by atoms with Crippen LogP contribution in [0.2, 0.25) is 5.02 Å². The van der Waals surface area contributed by atoms with Crippen LogP contribution in [0.3, 0.4) is 0 Å². The fourth-order valence-electron chi connectivity index (χ4n) is 2.10. The highest BCUT2D eigenvalue weighted by Crippen LogP contribution is 2.25. The van der Waals surface area contributed by atoms with E-state index in [0.29, 0.717) is 5.92 Å². The lowest BCUT2D eigenvalue weighted by Crippen LogP contribution is -2.30. The Hall–Kier alpha value is -0.730. The highest BCUT2D eigenvalue weighted by molar-refractivity contribution is 6.30. The molecule has 2 nitrogen and oxygen atoms in total. The molecule has 1 aromatic rings. The predicted octanol–water partition coefficient (Wildman–Crippen LogP) is 4.04. The topological polar surface area (TPSA) is 35.2 Å². The van der Waals surface area contributed by atoms with Crippen LogP contribution in [0, 0.1) is 5.92 Å². The number of methoxy groups -OCH3 is 1. The van der Waals surface area contributed by atoms with E-state index in [2.05, 4.69) is 13.8 Å². The fraction of sp³-hybridized carbons (Fsp3) is 0.600. The highest BCUT2D eigenvalue weighted by Gasteiger charge is 2.15. The lowest BCUT2D eigenvalue weighted by molar-refractivity contribution is 0.388. The van der Waals surface area contributed by atoms with Crippen LogP contribution in [0.5, 0.6) is 5.75 Å². The van der Waals surface area contributed by atoms with Crippen molar-refractivity contribution in [3.63, 3.8) is 0 Å². The SMILES string of the molecule is CCCCC(C)C(N)Cc1cc(Cl)ccc1OC. The summed E-state index contributed by atoms with van der Waals surface area (Å²) in [7, 11) is 1.68. The number of unbranched alkanes of at least 4 members (excludes halogenated alkanes) is 1. The normalized spacial score (nSPS) is 14.3. The van der Waals surface area contributed by atoms with Gasteiger partial charge in [-0.2, -0.15) is 0 Å². The number of nitrogens with two attached hydrogens (primary N) is 1. The Morgan fingerprint density at radius 3 is 2.72 bits per heavy atom.